The third-order valence-corrected chi connectivity index (χ3v) is 3.55. The van der Waals surface area contributed by atoms with Gasteiger partial charge in [-0.1, -0.05) is 0 Å². The molecule has 25 heavy (non-hydrogen) atoms. The summed E-state index contributed by atoms with van der Waals surface area (Å²) in [7, 11) is 0. The predicted octanol–water partition coefficient (Wildman–Crippen LogP) is 1.89. The van der Waals surface area contributed by atoms with Crippen molar-refractivity contribution in [1.82, 2.24) is 24.3 Å². The third kappa shape index (κ3) is 2.67. The molecule has 0 spiro atoms. The smallest absolute Gasteiger partial charge is 0.392 e. The molecular weight excluding hydrogens is 324 g/mol. The van der Waals surface area contributed by atoms with Gasteiger partial charge in [-0.3, -0.25) is 4.98 Å². The maximum atomic E-state index is 12.0. The minimum atomic E-state index is -0.734. The highest BCUT2D eigenvalue weighted by atomic mass is 16.6. The number of pyridine rings is 1. The Kier molecular flexibility index (Phi) is 3.38. The van der Waals surface area contributed by atoms with Gasteiger partial charge in [-0.15, -0.1) is 0 Å². The fraction of sp³-hybridized carbons (Fsp3) is 0.0625. The molecule has 4 aromatic rings. The predicted molar refractivity (Wildman–Crippen MR) is 86.8 cm³/mol. The standard InChI is InChI=1S/C16H12N6O3/c1-9-6-20-12-3-2-10(8-22(9)12)13-14(17)24-16(21-13)25-15(23)11-7-18-4-5-19-11/h2-8H,17H2,1H3. The van der Waals surface area contributed by atoms with Crippen molar-refractivity contribution in [2.45, 2.75) is 6.92 Å². The van der Waals surface area contributed by atoms with Crippen LogP contribution in [0.2, 0.25) is 0 Å². The number of imidazole rings is 1. The second kappa shape index (κ2) is 5.71. The zero-order valence-corrected chi connectivity index (χ0v) is 13.1. The highest BCUT2D eigenvalue weighted by Gasteiger charge is 2.19. The van der Waals surface area contributed by atoms with Gasteiger partial charge in [0.1, 0.15) is 11.3 Å². The number of carbonyl (C=O) groups is 1. The van der Waals surface area contributed by atoms with Crippen LogP contribution < -0.4 is 10.5 Å². The fourth-order valence-corrected chi connectivity index (χ4v) is 2.34. The molecular formula is C16H12N6O3. The van der Waals surface area contributed by atoms with Crippen molar-refractivity contribution < 1.29 is 13.9 Å². The molecule has 2 N–H and O–H groups in total. The number of rotatable bonds is 3. The summed E-state index contributed by atoms with van der Waals surface area (Å²) in [6.07, 6.45) is 7.46. The number of esters is 1. The lowest BCUT2D eigenvalue weighted by Crippen LogP contribution is -2.10. The van der Waals surface area contributed by atoms with Gasteiger partial charge in [0.05, 0.1) is 6.20 Å². The molecule has 0 fully saturated rings. The Bertz CT molecular complexity index is 1070. The first-order chi connectivity index (χ1) is 12.1. The lowest BCUT2D eigenvalue weighted by molar-refractivity contribution is 0.0678. The molecule has 0 aliphatic carbocycles. The summed E-state index contributed by atoms with van der Waals surface area (Å²) < 4.78 is 12.2. The third-order valence-electron chi connectivity index (χ3n) is 3.55. The summed E-state index contributed by atoms with van der Waals surface area (Å²) in [5.41, 5.74) is 8.76. The van der Waals surface area contributed by atoms with Crippen LogP contribution in [0.5, 0.6) is 6.08 Å². The maximum absolute atomic E-state index is 12.0. The topological polar surface area (TPSA) is 121 Å². The number of nitrogens with two attached hydrogens (primary N) is 1. The number of nitrogen functional groups attached to an aromatic ring is 1. The number of anilines is 1. The number of hydrogen-bond acceptors (Lipinski definition) is 8. The lowest BCUT2D eigenvalue weighted by atomic mass is 10.2. The van der Waals surface area contributed by atoms with Gasteiger partial charge in [0, 0.05) is 36.0 Å². The van der Waals surface area contributed by atoms with Gasteiger partial charge in [-0.05, 0) is 19.1 Å². The first-order valence-electron chi connectivity index (χ1n) is 7.30. The Morgan fingerprint density at radius 2 is 2.12 bits per heavy atom. The molecule has 9 nitrogen and oxygen atoms in total. The van der Waals surface area contributed by atoms with Crippen LogP contribution in [0.1, 0.15) is 16.2 Å². The second-order valence-electron chi connectivity index (χ2n) is 5.22. The average molecular weight is 336 g/mol. The highest BCUT2D eigenvalue weighted by molar-refractivity contribution is 5.88. The van der Waals surface area contributed by atoms with Crippen LogP contribution in [-0.2, 0) is 0 Å². The molecule has 9 heteroatoms. The molecule has 0 saturated heterocycles. The van der Waals surface area contributed by atoms with Crippen molar-refractivity contribution in [3.05, 3.63) is 54.5 Å². The first-order valence-corrected chi connectivity index (χ1v) is 7.30. The summed E-state index contributed by atoms with van der Waals surface area (Å²) >= 11 is 0. The summed E-state index contributed by atoms with van der Waals surface area (Å²) in [6.45, 7) is 1.93. The maximum Gasteiger partial charge on any atom is 0.404 e. The van der Waals surface area contributed by atoms with E-state index in [1.54, 1.807) is 6.20 Å². The molecule has 124 valence electrons. The molecule has 0 bridgehead atoms. The van der Waals surface area contributed by atoms with E-state index < -0.39 is 5.97 Å². The van der Waals surface area contributed by atoms with E-state index in [-0.39, 0.29) is 17.7 Å². The largest absolute Gasteiger partial charge is 0.404 e. The van der Waals surface area contributed by atoms with E-state index in [0.29, 0.717) is 11.3 Å². The molecule has 4 aromatic heterocycles. The molecule has 4 rings (SSSR count). The summed E-state index contributed by atoms with van der Waals surface area (Å²) in [4.78, 5) is 28.0. The van der Waals surface area contributed by atoms with Crippen LogP contribution in [0.3, 0.4) is 0 Å². The number of aryl methyl sites for hydroxylation is 1. The van der Waals surface area contributed by atoms with Crippen molar-refractivity contribution in [2.24, 2.45) is 0 Å². The number of aromatic nitrogens is 5. The molecule has 0 radical (unpaired) electrons. The molecule has 0 amide bonds. The molecule has 0 saturated carbocycles. The van der Waals surface area contributed by atoms with E-state index in [9.17, 15) is 4.79 Å². The number of fused-ring (bicyclic) bond motifs is 1. The quantitative estimate of drug-likeness (QED) is 0.563. The summed E-state index contributed by atoms with van der Waals surface area (Å²) in [6, 6.07) is 3.64. The normalized spacial score (nSPS) is 10.9. The SMILES string of the molecule is Cc1cnc2ccc(-c3nc(OC(=O)c4cnccn4)oc3N)cn12. The number of hydrogen-bond donors (Lipinski definition) is 1. The summed E-state index contributed by atoms with van der Waals surface area (Å²) in [5.74, 6) is -0.694. The van der Waals surface area contributed by atoms with Crippen molar-refractivity contribution in [3.63, 3.8) is 0 Å². The van der Waals surface area contributed by atoms with E-state index in [1.807, 2.05) is 29.7 Å². The summed E-state index contributed by atoms with van der Waals surface area (Å²) in [5, 5.41) is 0. The van der Waals surface area contributed by atoms with Gasteiger partial charge in [0.2, 0.25) is 5.88 Å². The van der Waals surface area contributed by atoms with Crippen LogP contribution in [0, 0.1) is 6.92 Å². The number of oxazole rings is 1. The second-order valence-corrected chi connectivity index (χ2v) is 5.22. The van der Waals surface area contributed by atoms with Gasteiger partial charge in [0.15, 0.2) is 5.69 Å². The number of carbonyl (C=O) groups excluding carboxylic acids is 1. The molecule has 0 aliphatic heterocycles. The van der Waals surface area contributed by atoms with Crippen LogP contribution >= 0.6 is 0 Å². The lowest BCUT2D eigenvalue weighted by Gasteiger charge is -2.00. The Morgan fingerprint density at radius 3 is 2.92 bits per heavy atom. The van der Waals surface area contributed by atoms with Crippen molar-refractivity contribution >= 4 is 17.5 Å². The Labute approximate surface area is 141 Å². The van der Waals surface area contributed by atoms with E-state index in [1.165, 1.54) is 18.6 Å². The Balaban J connectivity index is 1.65. The fourth-order valence-electron chi connectivity index (χ4n) is 2.34. The Morgan fingerprint density at radius 1 is 1.24 bits per heavy atom. The molecule has 4 heterocycles. The van der Waals surface area contributed by atoms with Gasteiger partial charge >= 0.3 is 12.0 Å². The molecule has 0 aromatic carbocycles. The van der Waals surface area contributed by atoms with Crippen LogP contribution in [-0.4, -0.2) is 30.3 Å². The molecule has 0 atom stereocenters. The highest BCUT2D eigenvalue weighted by Crippen LogP contribution is 2.30. The van der Waals surface area contributed by atoms with Gasteiger partial charge < -0.3 is 19.3 Å². The monoisotopic (exact) mass is 336 g/mol. The zero-order chi connectivity index (χ0) is 17.4. The minimum absolute atomic E-state index is 0.0382. The van der Waals surface area contributed by atoms with Crippen molar-refractivity contribution in [2.75, 3.05) is 5.73 Å². The van der Waals surface area contributed by atoms with Gasteiger partial charge in [0.25, 0.3) is 0 Å². The van der Waals surface area contributed by atoms with Crippen LogP contribution in [0.25, 0.3) is 16.9 Å². The van der Waals surface area contributed by atoms with Crippen LogP contribution in [0.15, 0.2) is 47.5 Å². The average Bonchev–Trinajstić information content (AvgIpc) is 3.18. The van der Waals surface area contributed by atoms with Gasteiger partial charge in [-0.25, -0.2) is 14.8 Å². The zero-order valence-electron chi connectivity index (χ0n) is 13.1. The van der Waals surface area contributed by atoms with E-state index in [4.69, 9.17) is 14.9 Å². The minimum Gasteiger partial charge on any atom is -0.392 e. The van der Waals surface area contributed by atoms with Crippen molar-refractivity contribution in [3.8, 4) is 17.3 Å². The molecule has 0 aliphatic rings. The van der Waals surface area contributed by atoms with Crippen LogP contribution in [0.4, 0.5) is 5.88 Å². The van der Waals surface area contributed by atoms with Gasteiger partial charge in [-0.2, -0.15) is 4.98 Å². The molecule has 0 unspecified atom stereocenters. The first kappa shape index (κ1) is 14.8. The van der Waals surface area contributed by atoms with E-state index >= 15 is 0 Å². The van der Waals surface area contributed by atoms with E-state index in [2.05, 4.69) is 19.9 Å². The van der Waals surface area contributed by atoms with Crippen molar-refractivity contribution in [1.29, 1.82) is 0 Å². The number of nitrogens with zero attached hydrogens (tertiary/aromatic N) is 5. The van der Waals surface area contributed by atoms with E-state index in [0.717, 1.165) is 11.3 Å². The number of ether oxygens (including phenoxy) is 1. The Hall–Kier alpha value is -3.75.